The largest absolute Gasteiger partial charge is 0.493 e. The topological polar surface area (TPSA) is 73.2 Å². The van der Waals surface area contributed by atoms with E-state index in [4.69, 9.17) is 4.74 Å². The van der Waals surface area contributed by atoms with Crippen LogP contribution < -0.4 is 9.46 Å². The molecule has 1 N–H and O–H groups in total. The Morgan fingerprint density at radius 2 is 2.17 bits per heavy atom. The van der Waals surface area contributed by atoms with Gasteiger partial charge in [-0.2, -0.15) is 5.10 Å². The average molecular weight is 349 g/mol. The Balaban J connectivity index is 1.67. The van der Waals surface area contributed by atoms with E-state index >= 15 is 0 Å². The first kappa shape index (κ1) is 17.0. The lowest BCUT2D eigenvalue weighted by Gasteiger charge is -2.15. The Bertz CT molecular complexity index is 786. The summed E-state index contributed by atoms with van der Waals surface area (Å²) in [5, 5.41) is 4.32. The highest BCUT2D eigenvalue weighted by Crippen LogP contribution is 2.26. The van der Waals surface area contributed by atoms with E-state index in [1.54, 1.807) is 6.07 Å². The molecule has 1 aliphatic heterocycles. The van der Waals surface area contributed by atoms with Gasteiger partial charge >= 0.3 is 0 Å². The lowest BCUT2D eigenvalue weighted by atomic mass is 9.97. The Morgan fingerprint density at radius 3 is 3.00 bits per heavy atom. The number of aryl methyl sites for hydroxylation is 1. The van der Waals surface area contributed by atoms with Gasteiger partial charge in [-0.1, -0.05) is 25.1 Å². The number of ether oxygens (including phenoxy) is 1. The number of fused-ring (bicyclic) bond motifs is 1. The number of benzene rings is 1. The van der Waals surface area contributed by atoms with Crippen molar-refractivity contribution in [1.82, 2.24) is 14.5 Å². The van der Waals surface area contributed by atoms with Crippen molar-refractivity contribution in [2.75, 3.05) is 13.2 Å². The molecular weight excluding hydrogens is 326 g/mol. The van der Waals surface area contributed by atoms with Crippen molar-refractivity contribution in [3.63, 3.8) is 0 Å². The van der Waals surface area contributed by atoms with Gasteiger partial charge in [-0.25, -0.2) is 13.1 Å². The number of para-hydroxylation sites is 1. The molecule has 0 bridgehead atoms. The lowest BCUT2D eigenvalue weighted by molar-refractivity contribution is 0.294. The number of nitrogens with one attached hydrogen (secondary N) is 1. The fourth-order valence-electron chi connectivity index (χ4n) is 2.97. The van der Waals surface area contributed by atoms with Crippen molar-refractivity contribution < 1.29 is 13.2 Å². The molecule has 0 saturated heterocycles. The second-order valence-electron chi connectivity index (χ2n) is 6.06. The molecule has 3 rings (SSSR count). The van der Waals surface area contributed by atoms with Crippen LogP contribution in [0, 0.1) is 5.92 Å². The van der Waals surface area contributed by atoms with E-state index in [9.17, 15) is 8.42 Å². The summed E-state index contributed by atoms with van der Waals surface area (Å²) in [6.45, 7) is 3.59. The maximum Gasteiger partial charge on any atom is 0.257 e. The average Bonchev–Trinajstić information content (AvgIpc) is 2.93. The van der Waals surface area contributed by atoms with Gasteiger partial charge in [0, 0.05) is 13.1 Å². The first-order chi connectivity index (χ1) is 11.6. The molecule has 6 nitrogen and oxygen atoms in total. The van der Waals surface area contributed by atoms with Crippen LogP contribution in [-0.2, 0) is 23.0 Å². The van der Waals surface area contributed by atoms with E-state index in [0.717, 1.165) is 30.6 Å². The summed E-state index contributed by atoms with van der Waals surface area (Å²) in [7, 11) is -3.55. The Morgan fingerprint density at radius 1 is 1.33 bits per heavy atom. The van der Waals surface area contributed by atoms with Gasteiger partial charge < -0.3 is 4.74 Å². The van der Waals surface area contributed by atoms with Gasteiger partial charge in [0.05, 0.1) is 12.8 Å². The molecule has 130 valence electrons. The van der Waals surface area contributed by atoms with Crippen molar-refractivity contribution in [1.29, 1.82) is 0 Å². The predicted molar refractivity (Wildman–Crippen MR) is 91.5 cm³/mol. The van der Waals surface area contributed by atoms with Crippen molar-refractivity contribution in [2.45, 2.75) is 37.8 Å². The Kier molecular flexibility index (Phi) is 5.20. The molecule has 1 aromatic carbocycles. The monoisotopic (exact) mass is 349 g/mol. The standard InChI is InChI=1S/C17H23N3O3S/c1-2-10-20-17(7-9-18-20)24(21,22)19-13-14-8-11-23-16-6-4-3-5-15(16)12-14/h3-7,9,14,19H,2,8,10-13H2,1H3/t14-/m0/s1. The molecule has 7 heteroatoms. The van der Waals surface area contributed by atoms with Crippen LogP contribution >= 0.6 is 0 Å². The minimum atomic E-state index is -3.55. The summed E-state index contributed by atoms with van der Waals surface area (Å²) in [5.41, 5.74) is 1.13. The van der Waals surface area contributed by atoms with Gasteiger partial charge in [0.1, 0.15) is 5.75 Å². The third-order valence-electron chi connectivity index (χ3n) is 4.22. The highest BCUT2D eigenvalue weighted by molar-refractivity contribution is 7.89. The van der Waals surface area contributed by atoms with Crippen LogP contribution in [0.1, 0.15) is 25.3 Å². The van der Waals surface area contributed by atoms with Crippen LogP contribution in [0.4, 0.5) is 0 Å². The number of aromatic nitrogens is 2. The Hall–Kier alpha value is -1.86. The summed E-state index contributed by atoms with van der Waals surface area (Å²) in [6, 6.07) is 9.49. The molecule has 2 heterocycles. The van der Waals surface area contributed by atoms with Crippen LogP contribution in [0.5, 0.6) is 5.75 Å². The molecule has 1 aromatic heterocycles. The van der Waals surface area contributed by atoms with Crippen molar-refractivity contribution >= 4 is 10.0 Å². The minimum absolute atomic E-state index is 0.214. The molecule has 0 saturated carbocycles. The molecule has 0 unspecified atom stereocenters. The molecule has 0 fully saturated rings. The van der Waals surface area contributed by atoms with Crippen molar-refractivity contribution in [3.05, 3.63) is 42.1 Å². The van der Waals surface area contributed by atoms with E-state index in [1.807, 2.05) is 31.2 Å². The molecule has 1 aliphatic rings. The van der Waals surface area contributed by atoms with Crippen LogP contribution in [0.3, 0.4) is 0 Å². The quantitative estimate of drug-likeness (QED) is 0.868. The van der Waals surface area contributed by atoms with E-state index in [1.165, 1.54) is 10.9 Å². The van der Waals surface area contributed by atoms with E-state index in [2.05, 4.69) is 9.82 Å². The third-order valence-corrected chi connectivity index (χ3v) is 5.66. The molecule has 0 spiro atoms. The fraction of sp³-hybridized carbons (Fsp3) is 0.471. The van der Waals surface area contributed by atoms with Gasteiger partial charge in [0.15, 0.2) is 5.03 Å². The highest BCUT2D eigenvalue weighted by Gasteiger charge is 2.23. The number of hydrogen-bond acceptors (Lipinski definition) is 4. The van der Waals surface area contributed by atoms with Crippen LogP contribution in [0.25, 0.3) is 0 Å². The van der Waals surface area contributed by atoms with Crippen LogP contribution in [0.2, 0.25) is 0 Å². The smallest absolute Gasteiger partial charge is 0.257 e. The summed E-state index contributed by atoms with van der Waals surface area (Å²) in [5.74, 6) is 1.12. The van der Waals surface area contributed by atoms with Crippen molar-refractivity contribution in [2.24, 2.45) is 5.92 Å². The zero-order valence-electron chi connectivity index (χ0n) is 13.8. The number of nitrogens with zero attached hydrogens (tertiary/aromatic N) is 2. The van der Waals surface area contributed by atoms with Crippen molar-refractivity contribution in [3.8, 4) is 5.75 Å². The predicted octanol–water partition coefficient (Wildman–Crippen LogP) is 2.21. The van der Waals surface area contributed by atoms with Gasteiger partial charge in [0.2, 0.25) is 0 Å². The molecule has 2 aromatic rings. The zero-order chi connectivity index (χ0) is 17.0. The molecule has 1 atom stereocenters. The van der Waals surface area contributed by atoms with Crippen LogP contribution in [0.15, 0.2) is 41.6 Å². The molecule has 24 heavy (non-hydrogen) atoms. The number of rotatable bonds is 6. The minimum Gasteiger partial charge on any atom is -0.493 e. The maximum absolute atomic E-state index is 12.6. The summed E-state index contributed by atoms with van der Waals surface area (Å²) < 4.78 is 35.1. The summed E-state index contributed by atoms with van der Waals surface area (Å²) >= 11 is 0. The maximum atomic E-state index is 12.6. The summed E-state index contributed by atoms with van der Waals surface area (Å²) in [6.07, 6.45) is 4.00. The van der Waals surface area contributed by atoms with Gasteiger partial charge in [-0.3, -0.25) is 4.68 Å². The van der Waals surface area contributed by atoms with E-state index < -0.39 is 10.0 Å². The molecule has 0 radical (unpaired) electrons. The normalized spacial score (nSPS) is 17.8. The van der Waals surface area contributed by atoms with Gasteiger partial charge in [-0.05, 0) is 42.9 Å². The highest BCUT2D eigenvalue weighted by atomic mass is 32.2. The zero-order valence-corrected chi connectivity index (χ0v) is 14.6. The molecule has 0 amide bonds. The van der Waals surface area contributed by atoms with E-state index in [0.29, 0.717) is 19.7 Å². The van der Waals surface area contributed by atoms with E-state index in [-0.39, 0.29) is 10.9 Å². The first-order valence-corrected chi connectivity index (χ1v) is 9.80. The molecule has 0 aliphatic carbocycles. The third kappa shape index (κ3) is 3.79. The number of sulfonamides is 1. The Labute approximate surface area is 142 Å². The lowest BCUT2D eigenvalue weighted by Crippen LogP contribution is -2.32. The van der Waals surface area contributed by atoms with Crippen LogP contribution in [-0.4, -0.2) is 31.3 Å². The first-order valence-electron chi connectivity index (χ1n) is 8.32. The van der Waals surface area contributed by atoms with Gasteiger partial charge in [0.25, 0.3) is 10.0 Å². The molecular formula is C17H23N3O3S. The van der Waals surface area contributed by atoms with Gasteiger partial charge in [-0.15, -0.1) is 0 Å². The number of hydrogen-bond donors (Lipinski definition) is 1. The second kappa shape index (κ2) is 7.36. The summed E-state index contributed by atoms with van der Waals surface area (Å²) in [4.78, 5) is 0. The SMILES string of the molecule is CCCn1nccc1S(=O)(=O)NC[C@H]1CCOc2ccccc2C1. The second-order valence-corrected chi connectivity index (χ2v) is 7.77. The fourth-order valence-corrected chi connectivity index (χ4v) is 4.23.